The first-order chi connectivity index (χ1) is 23.1. The molecule has 224 valence electrons. The quantitative estimate of drug-likeness (QED) is 0.200. The van der Waals surface area contributed by atoms with Crippen molar-refractivity contribution in [3.8, 4) is 28.7 Å². The second-order valence-corrected chi connectivity index (χ2v) is 12.4. The number of aromatic nitrogens is 5. The molecule has 0 bridgehead atoms. The normalized spacial score (nSPS) is 13.4. The van der Waals surface area contributed by atoms with Crippen molar-refractivity contribution in [2.24, 2.45) is 0 Å². The van der Waals surface area contributed by atoms with E-state index in [1.807, 2.05) is 72.9 Å². The van der Waals surface area contributed by atoms with Crippen molar-refractivity contribution in [3.63, 3.8) is 0 Å². The highest BCUT2D eigenvalue weighted by Crippen LogP contribution is 2.53. The first-order valence-corrected chi connectivity index (χ1v) is 15.8. The first-order valence-electron chi connectivity index (χ1n) is 15.8. The molecule has 0 amide bonds. The van der Waals surface area contributed by atoms with Crippen LogP contribution in [0.4, 0.5) is 17.1 Å². The Morgan fingerprint density at radius 1 is 0.511 bits per heavy atom. The molecule has 0 fully saturated rings. The zero-order chi connectivity index (χ0) is 31.5. The summed E-state index contributed by atoms with van der Waals surface area (Å²) in [5.41, 5.74) is 10.4. The molecule has 0 spiro atoms. The number of pyridine rings is 1. The number of hydrogen-bond acceptors (Lipinski definition) is 5. The molecule has 6 heteroatoms. The van der Waals surface area contributed by atoms with Gasteiger partial charge in [0.15, 0.2) is 11.6 Å². The SMILES string of the molecule is CC1(C)c2ccccc2N(c2cccc3c4ncccc4n(-c4nc(-c5ccccc5)nc(-c5ccccc5)n4)c23)c2ccccc21. The summed E-state index contributed by atoms with van der Waals surface area (Å²) in [5.74, 6) is 1.76. The van der Waals surface area contributed by atoms with Crippen LogP contribution < -0.4 is 4.90 Å². The van der Waals surface area contributed by atoms with Gasteiger partial charge in [-0.15, -0.1) is 0 Å². The predicted molar refractivity (Wildman–Crippen MR) is 190 cm³/mol. The van der Waals surface area contributed by atoms with E-state index < -0.39 is 0 Å². The molecule has 0 saturated carbocycles. The smallest absolute Gasteiger partial charge is 0.238 e. The van der Waals surface area contributed by atoms with E-state index in [2.05, 4.69) is 96.1 Å². The predicted octanol–water partition coefficient (Wildman–Crippen LogP) is 9.81. The second kappa shape index (κ2) is 10.5. The molecule has 0 radical (unpaired) electrons. The van der Waals surface area contributed by atoms with E-state index in [9.17, 15) is 0 Å². The van der Waals surface area contributed by atoms with E-state index >= 15 is 0 Å². The molecule has 0 N–H and O–H groups in total. The molecular formula is C41H30N6. The fraction of sp³-hybridized carbons (Fsp3) is 0.0732. The van der Waals surface area contributed by atoms with Gasteiger partial charge in [-0.25, -0.2) is 4.98 Å². The van der Waals surface area contributed by atoms with Crippen molar-refractivity contribution < 1.29 is 0 Å². The van der Waals surface area contributed by atoms with E-state index in [0.29, 0.717) is 17.6 Å². The van der Waals surface area contributed by atoms with E-state index in [4.69, 9.17) is 19.9 Å². The number of fused-ring (bicyclic) bond motifs is 5. The fourth-order valence-corrected chi connectivity index (χ4v) is 7.08. The van der Waals surface area contributed by atoms with Crippen molar-refractivity contribution in [1.82, 2.24) is 24.5 Å². The molecular weight excluding hydrogens is 576 g/mol. The Labute approximate surface area is 272 Å². The average Bonchev–Trinajstić information content (AvgIpc) is 3.48. The first kappa shape index (κ1) is 27.2. The summed E-state index contributed by atoms with van der Waals surface area (Å²) < 4.78 is 2.17. The van der Waals surface area contributed by atoms with Crippen LogP contribution in [0.1, 0.15) is 25.0 Å². The third-order valence-electron chi connectivity index (χ3n) is 9.29. The van der Waals surface area contributed by atoms with Gasteiger partial charge in [0.1, 0.15) is 0 Å². The molecule has 0 aliphatic carbocycles. The number of rotatable bonds is 4. The van der Waals surface area contributed by atoms with E-state index in [0.717, 1.165) is 50.1 Å². The Hall–Kier alpha value is -6.14. The Balaban J connectivity index is 1.39. The van der Waals surface area contributed by atoms with Gasteiger partial charge in [-0.1, -0.05) is 123 Å². The summed E-state index contributed by atoms with van der Waals surface area (Å²) in [5, 5.41) is 1.03. The van der Waals surface area contributed by atoms with Crippen LogP contribution in [0.3, 0.4) is 0 Å². The van der Waals surface area contributed by atoms with Crippen LogP contribution in [0, 0.1) is 0 Å². The summed E-state index contributed by atoms with van der Waals surface area (Å²) in [6.45, 7) is 4.62. The minimum absolute atomic E-state index is 0.171. The minimum atomic E-state index is -0.171. The van der Waals surface area contributed by atoms with Crippen LogP contribution in [-0.4, -0.2) is 24.5 Å². The van der Waals surface area contributed by atoms with Crippen LogP contribution in [0.15, 0.2) is 146 Å². The van der Waals surface area contributed by atoms with Crippen molar-refractivity contribution in [1.29, 1.82) is 0 Å². The lowest BCUT2D eigenvalue weighted by Gasteiger charge is -2.42. The molecule has 1 aliphatic heterocycles. The zero-order valence-electron chi connectivity index (χ0n) is 26.0. The van der Waals surface area contributed by atoms with Gasteiger partial charge in [0.2, 0.25) is 5.95 Å². The highest BCUT2D eigenvalue weighted by atomic mass is 15.2. The van der Waals surface area contributed by atoms with Crippen molar-refractivity contribution in [3.05, 3.63) is 157 Å². The van der Waals surface area contributed by atoms with Gasteiger partial charge in [-0.05, 0) is 41.5 Å². The van der Waals surface area contributed by atoms with Crippen LogP contribution in [-0.2, 0) is 5.41 Å². The van der Waals surface area contributed by atoms with Crippen molar-refractivity contribution >= 4 is 39.0 Å². The Morgan fingerprint density at radius 2 is 1.06 bits per heavy atom. The third-order valence-corrected chi connectivity index (χ3v) is 9.29. The molecule has 6 nitrogen and oxygen atoms in total. The maximum absolute atomic E-state index is 5.16. The monoisotopic (exact) mass is 606 g/mol. The maximum atomic E-state index is 5.16. The van der Waals surface area contributed by atoms with Gasteiger partial charge in [0.05, 0.1) is 33.6 Å². The minimum Gasteiger partial charge on any atom is -0.308 e. The third kappa shape index (κ3) is 4.18. The summed E-state index contributed by atoms with van der Waals surface area (Å²) in [4.78, 5) is 22.6. The molecule has 0 saturated heterocycles. The summed E-state index contributed by atoms with van der Waals surface area (Å²) in [6, 6.07) is 48.2. The molecule has 0 unspecified atom stereocenters. The Kier molecular flexibility index (Phi) is 6.05. The number of hydrogen-bond donors (Lipinski definition) is 0. The van der Waals surface area contributed by atoms with Gasteiger partial charge in [0, 0.05) is 28.1 Å². The summed E-state index contributed by atoms with van der Waals surface area (Å²) in [7, 11) is 0. The Morgan fingerprint density at radius 3 is 1.68 bits per heavy atom. The number of anilines is 3. The number of benzene rings is 5. The largest absolute Gasteiger partial charge is 0.308 e. The topological polar surface area (TPSA) is 59.7 Å². The highest BCUT2D eigenvalue weighted by molar-refractivity contribution is 6.13. The van der Waals surface area contributed by atoms with Crippen LogP contribution in [0.2, 0.25) is 0 Å². The van der Waals surface area contributed by atoms with Gasteiger partial charge >= 0.3 is 0 Å². The summed E-state index contributed by atoms with van der Waals surface area (Å²) >= 11 is 0. The van der Waals surface area contributed by atoms with Gasteiger partial charge in [0.25, 0.3) is 0 Å². The van der Waals surface area contributed by atoms with Crippen LogP contribution >= 0.6 is 0 Å². The van der Waals surface area contributed by atoms with Crippen LogP contribution in [0.25, 0.3) is 50.7 Å². The maximum Gasteiger partial charge on any atom is 0.238 e. The molecule has 8 aromatic rings. The molecule has 4 heterocycles. The van der Waals surface area contributed by atoms with Crippen LogP contribution in [0.5, 0.6) is 0 Å². The molecule has 5 aromatic carbocycles. The molecule has 3 aromatic heterocycles. The summed E-state index contributed by atoms with van der Waals surface area (Å²) in [6.07, 6.45) is 1.85. The lowest BCUT2D eigenvalue weighted by atomic mass is 9.73. The van der Waals surface area contributed by atoms with E-state index in [-0.39, 0.29) is 5.41 Å². The molecule has 9 rings (SSSR count). The molecule has 0 atom stereocenters. The average molecular weight is 607 g/mol. The van der Waals surface area contributed by atoms with Gasteiger partial charge < -0.3 is 4.90 Å². The Bertz CT molecular complexity index is 2340. The zero-order valence-corrected chi connectivity index (χ0v) is 26.0. The molecule has 1 aliphatic rings. The lowest BCUT2D eigenvalue weighted by Crippen LogP contribution is -2.30. The second-order valence-electron chi connectivity index (χ2n) is 12.4. The standard InChI is InChI=1S/C41H30N6/c1-41(2)30-20-9-11-22-32(30)46(33-23-12-10-21-31(33)41)35-24-13-19-29-36-34(25-14-26-42-36)47(37(29)35)40-44-38(27-15-5-3-6-16-27)43-39(45-40)28-17-7-4-8-18-28/h3-26H,1-2H3. The molecule has 47 heavy (non-hydrogen) atoms. The van der Waals surface area contributed by atoms with E-state index in [1.165, 1.54) is 11.1 Å². The van der Waals surface area contributed by atoms with Crippen molar-refractivity contribution in [2.75, 3.05) is 4.90 Å². The number of para-hydroxylation sites is 3. The van der Waals surface area contributed by atoms with E-state index in [1.54, 1.807) is 0 Å². The van der Waals surface area contributed by atoms with Gasteiger partial charge in [-0.3, -0.25) is 9.55 Å². The number of nitrogens with zero attached hydrogens (tertiary/aromatic N) is 6. The highest BCUT2D eigenvalue weighted by Gasteiger charge is 2.37. The fourth-order valence-electron chi connectivity index (χ4n) is 7.08. The van der Waals surface area contributed by atoms with Gasteiger partial charge in [-0.2, -0.15) is 9.97 Å². The van der Waals surface area contributed by atoms with Crippen molar-refractivity contribution in [2.45, 2.75) is 19.3 Å². The lowest BCUT2D eigenvalue weighted by molar-refractivity contribution is 0.632.